The summed E-state index contributed by atoms with van der Waals surface area (Å²) in [5.41, 5.74) is 3.55. The fraction of sp³-hybridized carbons (Fsp3) is 0.462. The Kier molecular flexibility index (Phi) is 6.59. The molecule has 2 aliphatic heterocycles. The van der Waals surface area contributed by atoms with Crippen LogP contribution >= 0.6 is 0 Å². The van der Waals surface area contributed by atoms with Crippen molar-refractivity contribution >= 4 is 23.4 Å². The minimum atomic E-state index is -0.777. The SMILES string of the molecule is COc1ccc(F)cc1C(C)Nc1ccn2ncc(C3=NC4(CCN(C(=O)OC(C)(C)C)CC4)ON3)c2n1. The molecule has 2 N–H and O–H groups in total. The number of rotatable bonds is 5. The molecule has 1 fully saturated rings. The van der Waals surface area contributed by atoms with Gasteiger partial charge in [-0.2, -0.15) is 5.10 Å². The van der Waals surface area contributed by atoms with E-state index in [1.165, 1.54) is 12.1 Å². The fourth-order valence-electron chi connectivity index (χ4n) is 4.55. The molecule has 2 aromatic heterocycles. The molecule has 2 aliphatic rings. The maximum atomic E-state index is 13.9. The summed E-state index contributed by atoms with van der Waals surface area (Å²) in [7, 11) is 1.55. The average Bonchev–Trinajstić information content (AvgIpc) is 3.47. The van der Waals surface area contributed by atoms with Crippen LogP contribution in [-0.4, -0.2) is 63.0 Å². The van der Waals surface area contributed by atoms with Crippen molar-refractivity contribution in [1.82, 2.24) is 25.0 Å². The molecule has 1 amide bonds. The molecule has 1 saturated heterocycles. The summed E-state index contributed by atoms with van der Waals surface area (Å²) in [6, 6.07) is 5.93. The molecule has 1 unspecified atom stereocenters. The molecular formula is C26H32FN7O4. The highest BCUT2D eigenvalue weighted by Gasteiger charge is 2.42. The van der Waals surface area contributed by atoms with Gasteiger partial charge in [-0.1, -0.05) is 0 Å². The maximum Gasteiger partial charge on any atom is 0.410 e. The highest BCUT2D eigenvalue weighted by Crippen LogP contribution is 2.33. The maximum absolute atomic E-state index is 13.9. The monoisotopic (exact) mass is 525 g/mol. The summed E-state index contributed by atoms with van der Waals surface area (Å²) in [4.78, 5) is 29.6. The molecule has 0 radical (unpaired) electrons. The van der Waals surface area contributed by atoms with Crippen molar-refractivity contribution in [2.24, 2.45) is 4.99 Å². The molecule has 3 aromatic rings. The zero-order valence-corrected chi connectivity index (χ0v) is 22.1. The van der Waals surface area contributed by atoms with Crippen LogP contribution in [-0.2, 0) is 9.57 Å². The number of methoxy groups -OCH3 is 1. The van der Waals surface area contributed by atoms with Crippen molar-refractivity contribution in [2.75, 3.05) is 25.5 Å². The Bertz CT molecular complexity index is 1380. The number of aliphatic imine (C=N–C) groups is 1. The van der Waals surface area contributed by atoms with Crippen LogP contribution in [0.3, 0.4) is 0 Å². The van der Waals surface area contributed by atoms with Gasteiger partial charge in [0.15, 0.2) is 17.2 Å². The molecule has 1 spiro atoms. The van der Waals surface area contributed by atoms with E-state index in [0.29, 0.717) is 60.1 Å². The van der Waals surface area contributed by atoms with E-state index >= 15 is 0 Å². The van der Waals surface area contributed by atoms with Crippen molar-refractivity contribution < 1.29 is 23.5 Å². The molecule has 1 atom stereocenters. The van der Waals surface area contributed by atoms with E-state index < -0.39 is 11.3 Å². The first-order valence-corrected chi connectivity index (χ1v) is 12.5. The number of likely N-dealkylation sites (tertiary alicyclic amines) is 1. The van der Waals surface area contributed by atoms with E-state index in [9.17, 15) is 9.18 Å². The molecule has 11 nitrogen and oxygen atoms in total. The standard InChI is InChI=1S/C26H32FN7O4/c1-16(18-14-17(27)6-7-20(18)36-5)29-21-8-11-34-23(30-21)19(15-28-34)22-31-26(38-32-22)9-12-33(13-10-26)24(35)37-25(2,3)4/h6-8,11,14-16H,9-10,12-13H2,1-5H3,(H,29,30)(H,31,32). The number of hydrogen-bond acceptors (Lipinski definition) is 9. The lowest BCUT2D eigenvalue weighted by Gasteiger charge is -2.36. The van der Waals surface area contributed by atoms with Gasteiger partial charge in [0.25, 0.3) is 0 Å². The van der Waals surface area contributed by atoms with E-state index in [4.69, 9.17) is 24.3 Å². The summed E-state index contributed by atoms with van der Waals surface area (Å²) >= 11 is 0. The summed E-state index contributed by atoms with van der Waals surface area (Å²) in [5, 5.41) is 7.70. The van der Waals surface area contributed by atoms with E-state index in [0.717, 1.165) is 0 Å². The van der Waals surface area contributed by atoms with Crippen molar-refractivity contribution in [3.05, 3.63) is 53.6 Å². The number of fused-ring (bicyclic) bond motifs is 1. The number of anilines is 1. The summed E-state index contributed by atoms with van der Waals surface area (Å²) in [6.07, 6.45) is 4.17. The number of aromatic nitrogens is 3. The number of benzene rings is 1. The van der Waals surface area contributed by atoms with Crippen LogP contribution in [0.4, 0.5) is 15.0 Å². The number of carbonyl (C=O) groups is 1. The average molecular weight is 526 g/mol. The Hall–Kier alpha value is -3.93. The second-order valence-electron chi connectivity index (χ2n) is 10.5. The van der Waals surface area contributed by atoms with E-state index in [1.807, 2.05) is 27.7 Å². The minimum absolute atomic E-state index is 0.273. The highest BCUT2D eigenvalue weighted by molar-refractivity contribution is 6.04. The van der Waals surface area contributed by atoms with Gasteiger partial charge in [0.2, 0.25) is 0 Å². The highest BCUT2D eigenvalue weighted by atomic mass is 19.1. The van der Waals surface area contributed by atoms with Gasteiger partial charge in [0.05, 0.1) is 24.9 Å². The lowest BCUT2D eigenvalue weighted by Crippen LogP contribution is -2.48. The second kappa shape index (κ2) is 9.75. The Morgan fingerprint density at radius 1 is 1.26 bits per heavy atom. The molecule has 0 aliphatic carbocycles. The van der Waals surface area contributed by atoms with Crippen LogP contribution in [0, 0.1) is 5.82 Å². The Morgan fingerprint density at radius 3 is 2.74 bits per heavy atom. The van der Waals surface area contributed by atoms with E-state index in [1.54, 1.807) is 41.1 Å². The van der Waals surface area contributed by atoms with Gasteiger partial charge in [-0.05, 0) is 52.0 Å². The fourth-order valence-corrected chi connectivity index (χ4v) is 4.55. The Morgan fingerprint density at radius 2 is 2.03 bits per heavy atom. The van der Waals surface area contributed by atoms with Crippen LogP contribution in [0.2, 0.25) is 0 Å². The van der Waals surface area contributed by atoms with Crippen LogP contribution in [0.5, 0.6) is 5.75 Å². The molecule has 0 bridgehead atoms. The van der Waals surface area contributed by atoms with Crippen molar-refractivity contribution in [2.45, 2.75) is 57.9 Å². The summed E-state index contributed by atoms with van der Waals surface area (Å²) in [6.45, 7) is 8.39. The molecule has 1 aromatic carbocycles. The van der Waals surface area contributed by atoms with E-state index in [2.05, 4.69) is 15.9 Å². The van der Waals surface area contributed by atoms with Gasteiger partial charge in [0, 0.05) is 37.7 Å². The minimum Gasteiger partial charge on any atom is -0.496 e. The number of halogens is 1. The molecular weight excluding hydrogens is 493 g/mol. The van der Waals surface area contributed by atoms with Gasteiger partial charge >= 0.3 is 6.09 Å². The van der Waals surface area contributed by atoms with E-state index in [-0.39, 0.29) is 18.0 Å². The third kappa shape index (κ3) is 5.21. The lowest BCUT2D eigenvalue weighted by atomic mass is 10.0. The quantitative estimate of drug-likeness (QED) is 0.513. The normalized spacial score (nSPS) is 17.7. The molecule has 4 heterocycles. The number of piperidine rings is 1. The van der Waals surface area contributed by atoms with Crippen LogP contribution in [0.25, 0.3) is 5.65 Å². The smallest absolute Gasteiger partial charge is 0.410 e. The number of hydroxylamine groups is 1. The van der Waals surface area contributed by atoms with Crippen molar-refractivity contribution in [3.63, 3.8) is 0 Å². The van der Waals surface area contributed by atoms with Crippen LogP contribution < -0.4 is 15.5 Å². The number of ether oxygens (including phenoxy) is 2. The van der Waals surface area contributed by atoms with Gasteiger partial charge in [-0.25, -0.2) is 34.0 Å². The van der Waals surface area contributed by atoms with Gasteiger partial charge in [-0.15, -0.1) is 0 Å². The first-order chi connectivity index (χ1) is 18.1. The van der Waals surface area contributed by atoms with Gasteiger partial charge in [-0.3, -0.25) is 0 Å². The Labute approximate surface area is 219 Å². The molecule has 5 rings (SSSR count). The zero-order chi connectivity index (χ0) is 27.1. The van der Waals surface area contributed by atoms with Crippen molar-refractivity contribution in [1.29, 1.82) is 0 Å². The Balaban J connectivity index is 1.32. The molecule has 202 valence electrons. The third-order valence-electron chi connectivity index (χ3n) is 6.50. The number of nitrogens with one attached hydrogen (secondary N) is 2. The van der Waals surface area contributed by atoms with Gasteiger partial charge < -0.3 is 19.7 Å². The number of hydrogen-bond donors (Lipinski definition) is 2. The lowest BCUT2D eigenvalue weighted by molar-refractivity contribution is -0.0893. The van der Waals surface area contributed by atoms with Gasteiger partial charge in [0.1, 0.15) is 23.0 Å². The largest absolute Gasteiger partial charge is 0.496 e. The van der Waals surface area contributed by atoms with Crippen molar-refractivity contribution in [3.8, 4) is 5.75 Å². The first kappa shape index (κ1) is 25.7. The summed E-state index contributed by atoms with van der Waals surface area (Å²) in [5.74, 6) is 1.35. The zero-order valence-electron chi connectivity index (χ0n) is 22.1. The molecule has 0 saturated carbocycles. The predicted octanol–water partition coefficient (Wildman–Crippen LogP) is 4.06. The van der Waals surface area contributed by atoms with Crippen LogP contribution in [0.1, 0.15) is 57.7 Å². The van der Waals surface area contributed by atoms with Crippen LogP contribution in [0.15, 0.2) is 41.7 Å². The number of amides is 1. The second-order valence-corrected chi connectivity index (χ2v) is 10.5. The first-order valence-electron chi connectivity index (χ1n) is 12.5. The summed E-state index contributed by atoms with van der Waals surface area (Å²) < 4.78 is 26.4. The number of amidine groups is 1. The molecule has 12 heteroatoms. The third-order valence-corrected chi connectivity index (χ3v) is 6.50. The number of carbonyl (C=O) groups excluding carboxylic acids is 1. The predicted molar refractivity (Wildman–Crippen MR) is 139 cm³/mol. The number of nitrogens with zero attached hydrogens (tertiary/aromatic N) is 5. The molecule has 38 heavy (non-hydrogen) atoms. The topological polar surface area (TPSA) is 115 Å².